The first-order valence-electron chi connectivity index (χ1n) is 6.98. The maximum atomic E-state index is 9.49. The summed E-state index contributed by atoms with van der Waals surface area (Å²) in [6.45, 7) is 13.2. The molecule has 0 saturated heterocycles. The van der Waals surface area contributed by atoms with Crippen LogP contribution in [0.2, 0.25) is 0 Å². The van der Waals surface area contributed by atoms with Crippen LogP contribution in [0.5, 0.6) is 0 Å². The molecule has 0 aromatic rings. The smallest absolute Gasteiger partial charge is 0.0611 e. The summed E-state index contributed by atoms with van der Waals surface area (Å²) >= 11 is 0. The lowest BCUT2D eigenvalue weighted by Crippen LogP contribution is -2.50. The predicted octanol–water partition coefficient (Wildman–Crippen LogP) is 1.48. The van der Waals surface area contributed by atoms with Gasteiger partial charge in [-0.25, -0.2) is 0 Å². The molecule has 0 rings (SSSR count). The highest BCUT2D eigenvalue weighted by molar-refractivity contribution is 4.84. The van der Waals surface area contributed by atoms with Crippen LogP contribution in [-0.2, 0) is 4.74 Å². The average Bonchev–Trinajstić information content (AvgIpc) is 2.25. The lowest BCUT2D eigenvalue weighted by Gasteiger charge is -2.33. The van der Waals surface area contributed by atoms with Crippen LogP contribution in [-0.4, -0.2) is 61.0 Å². The van der Waals surface area contributed by atoms with Gasteiger partial charge < -0.3 is 20.1 Å². The number of hydrogen-bond donors (Lipinski definition) is 2. The van der Waals surface area contributed by atoms with Crippen LogP contribution in [0.4, 0.5) is 0 Å². The van der Waals surface area contributed by atoms with Crippen molar-refractivity contribution in [3.63, 3.8) is 0 Å². The fourth-order valence-electron chi connectivity index (χ4n) is 1.89. The maximum Gasteiger partial charge on any atom is 0.0611 e. The minimum Gasteiger partial charge on any atom is -0.394 e. The summed E-state index contributed by atoms with van der Waals surface area (Å²) in [7, 11) is 2.09. The van der Waals surface area contributed by atoms with Gasteiger partial charge in [0.05, 0.1) is 19.3 Å². The molecule has 0 aliphatic heterocycles. The zero-order valence-electron chi connectivity index (χ0n) is 13.0. The maximum absolute atomic E-state index is 9.49. The van der Waals surface area contributed by atoms with Gasteiger partial charge in [-0.05, 0) is 40.8 Å². The minimum atomic E-state index is -0.193. The average molecular weight is 260 g/mol. The summed E-state index contributed by atoms with van der Waals surface area (Å²) in [5.41, 5.74) is -0.193. The standard InChI is InChI=1S/C14H32N2O2/c1-12(2)15-14(5,11-17)7-8-16(6)9-10-18-13(3)4/h12-13,15,17H,7-11H2,1-6H3. The van der Waals surface area contributed by atoms with Gasteiger partial charge in [0.15, 0.2) is 0 Å². The summed E-state index contributed by atoms with van der Waals surface area (Å²) in [6.07, 6.45) is 1.23. The quantitative estimate of drug-likeness (QED) is 0.624. The molecule has 0 spiro atoms. The van der Waals surface area contributed by atoms with E-state index in [1.807, 2.05) is 0 Å². The van der Waals surface area contributed by atoms with Crippen molar-refractivity contribution in [2.45, 2.75) is 58.7 Å². The number of ether oxygens (including phenoxy) is 1. The van der Waals surface area contributed by atoms with Gasteiger partial charge in [0.1, 0.15) is 0 Å². The van der Waals surface area contributed by atoms with E-state index < -0.39 is 0 Å². The Kier molecular flexibility index (Phi) is 8.78. The van der Waals surface area contributed by atoms with Crippen LogP contribution >= 0.6 is 0 Å². The third-order valence-electron chi connectivity index (χ3n) is 2.96. The summed E-state index contributed by atoms with van der Waals surface area (Å²) in [5.74, 6) is 0. The number of aliphatic hydroxyl groups is 1. The van der Waals surface area contributed by atoms with Crippen LogP contribution < -0.4 is 5.32 Å². The first-order chi connectivity index (χ1) is 8.29. The van der Waals surface area contributed by atoms with Gasteiger partial charge in [-0.3, -0.25) is 0 Å². The highest BCUT2D eigenvalue weighted by Gasteiger charge is 2.23. The highest BCUT2D eigenvalue weighted by atomic mass is 16.5. The normalized spacial score (nSPS) is 15.7. The Bertz CT molecular complexity index is 210. The minimum absolute atomic E-state index is 0.168. The number of rotatable bonds is 10. The second-order valence-electron chi connectivity index (χ2n) is 5.99. The van der Waals surface area contributed by atoms with E-state index in [1.165, 1.54) is 0 Å². The molecule has 1 unspecified atom stereocenters. The van der Waals surface area contributed by atoms with E-state index in [4.69, 9.17) is 4.74 Å². The molecular formula is C14H32N2O2. The van der Waals surface area contributed by atoms with Gasteiger partial charge in [-0.15, -0.1) is 0 Å². The van der Waals surface area contributed by atoms with Crippen molar-refractivity contribution in [1.82, 2.24) is 10.2 Å². The Morgan fingerprint density at radius 3 is 2.28 bits per heavy atom. The molecule has 0 fully saturated rings. The van der Waals surface area contributed by atoms with E-state index in [0.29, 0.717) is 12.1 Å². The molecule has 18 heavy (non-hydrogen) atoms. The second-order valence-corrected chi connectivity index (χ2v) is 5.99. The Morgan fingerprint density at radius 2 is 1.83 bits per heavy atom. The Labute approximate surface area is 113 Å². The first-order valence-corrected chi connectivity index (χ1v) is 6.98. The molecule has 2 N–H and O–H groups in total. The van der Waals surface area contributed by atoms with Crippen molar-refractivity contribution in [2.24, 2.45) is 0 Å². The van der Waals surface area contributed by atoms with Crippen molar-refractivity contribution in [2.75, 3.05) is 33.4 Å². The van der Waals surface area contributed by atoms with Crippen molar-refractivity contribution >= 4 is 0 Å². The molecular weight excluding hydrogens is 228 g/mol. The van der Waals surface area contributed by atoms with Gasteiger partial charge >= 0.3 is 0 Å². The number of nitrogens with one attached hydrogen (secondary N) is 1. The van der Waals surface area contributed by atoms with Crippen LogP contribution in [0, 0.1) is 0 Å². The van der Waals surface area contributed by atoms with Crippen molar-refractivity contribution in [3.05, 3.63) is 0 Å². The SMILES string of the molecule is CC(C)NC(C)(CO)CCN(C)CCOC(C)C. The van der Waals surface area contributed by atoms with Gasteiger partial charge in [-0.1, -0.05) is 13.8 Å². The Morgan fingerprint density at radius 1 is 1.22 bits per heavy atom. The van der Waals surface area contributed by atoms with Crippen LogP contribution in [0.1, 0.15) is 41.0 Å². The van der Waals surface area contributed by atoms with Crippen LogP contribution in [0.15, 0.2) is 0 Å². The van der Waals surface area contributed by atoms with Crippen LogP contribution in [0.3, 0.4) is 0 Å². The monoisotopic (exact) mass is 260 g/mol. The van der Waals surface area contributed by atoms with Gasteiger partial charge in [0, 0.05) is 18.1 Å². The summed E-state index contributed by atoms with van der Waals surface area (Å²) in [5, 5.41) is 12.9. The van der Waals surface area contributed by atoms with Gasteiger partial charge in [-0.2, -0.15) is 0 Å². The fourth-order valence-corrected chi connectivity index (χ4v) is 1.89. The van der Waals surface area contributed by atoms with E-state index in [9.17, 15) is 5.11 Å². The topological polar surface area (TPSA) is 44.7 Å². The van der Waals surface area contributed by atoms with E-state index in [1.54, 1.807) is 0 Å². The lowest BCUT2D eigenvalue weighted by molar-refractivity contribution is 0.0605. The van der Waals surface area contributed by atoms with Crippen LogP contribution in [0.25, 0.3) is 0 Å². The largest absolute Gasteiger partial charge is 0.394 e. The van der Waals surface area contributed by atoms with Gasteiger partial charge in [0.2, 0.25) is 0 Å². The molecule has 0 aliphatic carbocycles. The van der Waals surface area contributed by atoms with Crippen molar-refractivity contribution in [3.8, 4) is 0 Å². The molecule has 0 bridgehead atoms. The lowest BCUT2D eigenvalue weighted by atomic mass is 9.97. The number of hydrogen-bond acceptors (Lipinski definition) is 4. The third-order valence-corrected chi connectivity index (χ3v) is 2.96. The van der Waals surface area contributed by atoms with Crippen molar-refractivity contribution in [1.29, 1.82) is 0 Å². The molecule has 1 atom stereocenters. The zero-order chi connectivity index (χ0) is 14.2. The van der Waals surface area contributed by atoms with E-state index >= 15 is 0 Å². The third kappa shape index (κ3) is 8.86. The molecule has 0 aliphatic rings. The van der Waals surface area contributed by atoms with Gasteiger partial charge in [0.25, 0.3) is 0 Å². The van der Waals surface area contributed by atoms with E-state index in [2.05, 4.69) is 51.9 Å². The molecule has 0 aromatic heterocycles. The summed E-state index contributed by atoms with van der Waals surface area (Å²) in [4.78, 5) is 2.25. The molecule has 0 radical (unpaired) electrons. The number of nitrogens with zero attached hydrogens (tertiary/aromatic N) is 1. The molecule has 0 saturated carbocycles. The second kappa shape index (κ2) is 8.86. The molecule has 0 aromatic carbocycles. The highest BCUT2D eigenvalue weighted by Crippen LogP contribution is 2.10. The van der Waals surface area contributed by atoms with E-state index in [-0.39, 0.29) is 12.1 Å². The predicted molar refractivity (Wildman–Crippen MR) is 77.0 cm³/mol. The molecule has 0 heterocycles. The fraction of sp³-hybridized carbons (Fsp3) is 1.00. The molecule has 4 nitrogen and oxygen atoms in total. The first kappa shape index (κ1) is 17.8. The Balaban J connectivity index is 3.89. The molecule has 0 amide bonds. The summed E-state index contributed by atoms with van der Waals surface area (Å²) < 4.78 is 5.53. The number of likely N-dealkylation sites (N-methyl/N-ethyl adjacent to an activating group) is 1. The molecule has 110 valence electrons. The molecule has 4 heteroatoms. The Hall–Kier alpha value is -0.160. The van der Waals surface area contributed by atoms with E-state index in [0.717, 1.165) is 26.1 Å². The summed E-state index contributed by atoms with van der Waals surface area (Å²) in [6, 6.07) is 0.386. The zero-order valence-corrected chi connectivity index (χ0v) is 13.0. The number of aliphatic hydroxyl groups excluding tert-OH is 1. The van der Waals surface area contributed by atoms with Crippen molar-refractivity contribution < 1.29 is 9.84 Å².